The third-order valence-corrected chi connectivity index (χ3v) is 4.14. The Morgan fingerprint density at radius 2 is 1.53 bits per heavy atom. The lowest BCUT2D eigenvalue weighted by atomic mass is 9.88. The average Bonchev–Trinajstić information content (AvgIpc) is 2.49. The van der Waals surface area contributed by atoms with Crippen LogP contribution in [-0.4, -0.2) is 6.54 Å². The van der Waals surface area contributed by atoms with Gasteiger partial charge in [-0.1, -0.05) is 55.5 Å². The number of para-hydroxylation sites is 1. The monoisotopic (exact) mass is 251 g/mol. The summed E-state index contributed by atoms with van der Waals surface area (Å²) in [4.78, 5) is 2.56. The standard InChI is InChI=1S/C18H21N/c1-15-12-13-19(17-10-6-3-7-11-17)18(14-15)16-8-4-2-5-9-16/h2-11,15,18H,12-14H2,1H3. The van der Waals surface area contributed by atoms with Gasteiger partial charge in [0.2, 0.25) is 0 Å². The van der Waals surface area contributed by atoms with Gasteiger partial charge < -0.3 is 4.90 Å². The molecule has 1 heteroatoms. The molecular formula is C18H21N. The topological polar surface area (TPSA) is 3.24 Å². The molecule has 1 heterocycles. The summed E-state index contributed by atoms with van der Waals surface area (Å²) < 4.78 is 0. The molecule has 0 N–H and O–H groups in total. The first-order chi connectivity index (χ1) is 9.34. The second-order valence-corrected chi connectivity index (χ2v) is 5.58. The van der Waals surface area contributed by atoms with E-state index in [9.17, 15) is 0 Å². The van der Waals surface area contributed by atoms with Crippen LogP contribution in [0.15, 0.2) is 60.7 Å². The Morgan fingerprint density at radius 1 is 0.895 bits per heavy atom. The Hall–Kier alpha value is -1.76. The van der Waals surface area contributed by atoms with E-state index >= 15 is 0 Å². The summed E-state index contributed by atoms with van der Waals surface area (Å²) in [6, 6.07) is 22.3. The van der Waals surface area contributed by atoms with E-state index in [1.54, 1.807) is 0 Å². The van der Waals surface area contributed by atoms with Crippen molar-refractivity contribution >= 4 is 5.69 Å². The third kappa shape index (κ3) is 2.65. The number of hydrogen-bond donors (Lipinski definition) is 0. The zero-order chi connectivity index (χ0) is 13.1. The average molecular weight is 251 g/mol. The molecule has 2 aromatic rings. The van der Waals surface area contributed by atoms with E-state index in [1.165, 1.54) is 24.1 Å². The minimum absolute atomic E-state index is 0.521. The lowest BCUT2D eigenvalue weighted by Gasteiger charge is -2.40. The van der Waals surface area contributed by atoms with Gasteiger partial charge in [0.05, 0.1) is 6.04 Å². The number of benzene rings is 2. The Labute approximate surface area is 115 Å². The summed E-state index contributed by atoms with van der Waals surface area (Å²) in [7, 11) is 0. The molecule has 2 unspecified atom stereocenters. The predicted octanol–water partition coefficient (Wildman–Crippen LogP) is 4.66. The summed E-state index contributed by atoms with van der Waals surface area (Å²) >= 11 is 0. The predicted molar refractivity (Wildman–Crippen MR) is 81.4 cm³/mol. The van der Waals surface area contributed by atoms with Crippen molar-refractivity contribution in [2.45, 2.75) is 25.8 Å². The minimum atomic E-state index is 0.521. The quantitative estimate of drug-likeness (QED) is 0.750. The van der Waals surface area contributed by atoms with Gasteiger partial charge in [-0.2, -0.15) is 0 Å². The lowest BCUT2D eigenvalue weighted by molar-refractivity contribution is 0.369. The van der Waals surface area contributed by atoms with Crippen LogP contribution in [0.25, 0.3) is 0 Å². The van der Waals surface area contributed by atoms with Gasteiger partial charge in [0, 0.05) is 12.2 Å². The maximum Gasteiger partial charge on any atom is 0.0544 e. The van der Waals surface area contributed by atoms with Crippen LogP contribution >= 0.6 is 0 Å². The molecule has 2 aromatic carbocycles. The fourth-order valence-electron chi connectivity index (χ4n) is 3.06. The summed E-state index contributed by atoms with van der Waals surface area (Å²) in [5.74, 6) is 0.810. The van der Waals surface area contributed by atoms with E-state index in [-0.39, 0.29) is 0 Å². The largest absolute Gasteiger partial charge is 0.364 e. The molecule has 1 aliphatic rings. The highest BCUT2D eigenvalue weighted by molar-refractivity contribution is 5.49. The highest BCUT2D eigenvalue weighted by Crippen LogP contribution is 2.37. The van der Waals surface area contributed by atoms with Gasteiger partial charge in [-0.15, -0.1) is 0 Å². The smallest absolute Gasteiger partial charge is 0.0544 e. The molecule has 2 atom stereocenters. The van der Waals surface area contributed by atoms with Crippen molar-refractivity contribution in [2.75, 3.05) is 11.4 Å². The second kappa shape index (κ2) is 5.48. The molecule has 1 nitrogen and oxygen atoms in total. The summed E-state index contributed by atoms with van der Waals surface area (Å²) in [6.07, 6.45) is 2.54. The third-order valence-electron chi connectivity index (χ3n) is 4.14. The maximum atomic E-state index is 2.56. The van der Waals surface area contributed by atoms with Crippen LogP contribution in [-0.2, 0) is 0 Å². The van der Waals surface area contributed by atoms with Crippen LogP contribution in [0.2, 0.25) is 0 Å². The van der Waals surface area contributed by atoms with Crippen LogP contribution < -0.4 is 4.90 Å². The zero-order valence-electron chi connectivity index (χ0n) is 11.5. The van der Waals surface area contributed by atoms with Crippen molar-refractivity contribution in [1.29, 1.82) is 0 Å². The summed E-state index contributed by atoms with van der Waals surface area (Å²) in [6.45, 7) is 3.53. The summed E-state index contributed by atoms with van der Waals surface area (Å²) in [5.41, 5.74) is 2.79. The van der Waals surface area contributed by atoms with Gasteiger partial charge in [0.15, 0.2) is 0 Å². The van der Waals surface area contributed by atoms with Crippen molar-refractivity contribution in [2.24, 2.45) is 5.92 Å². The Balaban J connectivity index is 1.93. The van der Waals surface area contributed by atoms with Crippen molar-refractivity contribution in [3.8, 4) is 0 Å². The van der Waals surface area contributed by atoms with Crippen molar-refractivity contribution in [1.82, 2.24) is 0 Å². The molecule has 0 saturated carbocycles. The highest BCUT2D eigenvalue weighted by atomic mass is 15.2. The Bertz CT molecular complexity index is 506. The van der Waals surface area contributed by atoms with Crippen molar-refractivity contribution in [3.63, 3.8) is 0 Å². The Morgan fingerprint density at radius 3 is 2.21 bits per heavy atom. The molecular weight excluding hydrogens is 230 g/mol. The van der Waals surface area contributed by atoms with E-state index in [0.717, 1.165) is 12.5 Å². The van der Waals surface area contributed by atoms with Crippen LogP contribution in [0.1, 0.15) is 31.4 Å². The number of nitrogens with zero attached hydrogens (tertiary/aromatic N) is 1. The molecule has 98 valence electrons. The molecule has 3 rings (SSSR count). The van der Waals surface area contributed by atoms with Gasteiger partial charge >= 0.3 is 0 Å². The molecule has 0 aliphatic carbocycles. The van der Waals surface area contributed by atoms with E-state index < -0.39 is 0 Å². The first-order valence-electron chi connectivity index (χ1n) is 7.21. The van der Waals surface area contributed by atoms with Gasteiger partial charge in [-0.3, -0.25) is 0 Å². The van der Waals surface area contributed by atoms with Crippen molar-refractivity contribution < 1.29 is 0 Å². The molecule has 19 heavy (non-hydrogen) atoms. The van der Waals surface area contributed by atoms with Gasteiger partial charge in [-0.25, -0.2) is 0 Å². The second-order valence-electron chi connectivity index (χ2n) is 5.58. The van der Waals surface area contributed by atoms with Gasteiger partial charge in [0.1, 0.15) is 0 Å². The van der Waals surface area contributed by atoms with Crippen LogP contribution in [0.4, 0.5) is 5.69 Å². The normalized spacial score (nSPS) is 23.3. The molecule has 0 radical (unpaired) electrons. The van der Waals surface area contributed by atoms with E-state index in [1.807, 2.05) is 0 Å². The maximum absolute atomic E-state index is 2.56. The fourth-order valence-corrected chi connectivity index (χ4v) is 3.06. The molecule has 0 amide bonds. The summed E-state index contributed by atoms with van der Waals surface area (Å²) in [5, 5.41) is 0. The van der Waals surface area contributed by atoms with E-state index in [0.29, 0.717) is 6.04 Å². The highest BCUT2D eigenvalue weighted by Gasteiger charge is 2.27. The van der Waals surface area contributed by atoms with Crippen LogP contribution in [0, 0.1) is 5.92 Å². The van der Waals surface area contributed by atoms with E-state index in [4.69, 9.17) is 0 Å². The first-order valence-corrected chi connectivity index (χ1v) is 7.21. The van der Waals surface area contributed by atoms with E-state index in [2.05, 4.69) is 72.5 Å². The number of piperidine rings is 1. The molecule has 1 aliphatic heterocycles. The molecule has 0 aromatic heterocycles. The zero-order valence-corrected chi connectivity index (χ0v) is 11.5. The number of anilines is 1. The van der Waals surface area contributed by atoms with Gasteiger partial charge in [0.25, 0.3) is 0 Å². The van der Waals surface area contributed by atoms with Crippen LogP contribution in [0.5, 0.6) is 0 Å². The lowest BCUT2D eigenvalue weighted by Crippen LogP contribution is -2.36. The van der Waals surface area contributed by atoms with Gasteiger partial charge in [-0.05, 0) is 36.5 Å². The minimum Gasteiger partial charge on any atom is -0.364 e. The Kier molecular flexibility index (Phi) is 3.54. The number of hydrogen-bond acceptors (Lipinski definition) is 1. The molecule has 1 saturated heterocycles. The van der Waals surface area contributed by atoms with Crippen LogP contribution in [0.3, 0.4) is 0 Å². The SMILES string of the molecule is CC1CCN(c2ccccc2)C(c2ccccc2)C1. The number of rotatable bonds is 2. The van der Waals surface area contributed by atoms with Crippen molar-refractivity contribution in [3.05, 3.63) is 66.2 Å². The molecule has 1 fully saturated rings. The fraction of sp³-hybridized carbons (Fsp3) is 0.333. The first kappa shape index (κ1) is 12.3. The molecule has 0 spiro atoms. The molecule has 0 bridgehead atoms.